The average Bonchev–Trinajstić information content (AvgIpc) is 2.42. The molecule has 1 saturated heterocycles. The fourth-order valence-corrected chi connectivity index (χ4v) is 2.56. The summed E-state index contributed by atoms with van der Waals surface area (Å²) < 4.78 is 5.78. The Bertz CT molecular complexity index is 338. The summed E-state index contributed by atoms with van der Waals surface area (Å²) in [5.74, 6) is 0. The fraction of sp³-hybridized carbons (Fsp3) is 0.643. The molecule has 4 heteroatoms. The number of hydrogen-bond acceptors (Lipinski definition) is 4. The smallest absolute Gasteiger partial charge is 0.0702 e. The van der Waals surface area contributed by atoms with Crippen LogP contribution in [-0.4, -0.2) is 42.7 Å². The minimum Gasteiger partial charge on any atom is -0.377 e. The lowest BCUT2D eigenvalue weighted by Gasteiger charge is -2.32. The van der Waals surface area contributed by atoms with Gasteiger partial charge in [0.15, 0.2) is 0 Å². The first kappa shape index (κ1) is 13.5. The lowest BCUT2D eigenvalue weighted by molar-refractivity contribution is -0.00778. The minimum atomic E-state index is 0.249. The predicted octanol–water partition coefficient (Wildman–Crippen LogP) is 1.58. The van der Waals surface area contributed by atoms with Crippen molar-refractivity contribution in [3.63, 3.8) is 0 Å². The standard InChI is InChI=1S/C14H23N3O/c1-17(11-13-4-2-3-9-18-13)14(10-15)12-5-7-16-8-6-12/h5-8,13-14H,2-4,9-11,15H2,1H3. The summed E-state index contributed by atoms with van der Waals surface area (Å²) in [5, 5.41) is 0. The summed E-state index contributed by atoms with van der Waals surface area (Å²) in [6.07, 6.45) is 7.65. The zero-order chi connectivity index (χ0) is 12.8. The first-order valence-corrected chi connectivity index (χ1v) is 6.73. The third-order valence-corrected chi connectivity index (χ3v) is 3.61. The highest BCUT2D eigenvalue weighted by molar-refractivity contribution is 5.15. The van der Waals surface area contributed by atoms with Crippen LogP contribution in [0.3, 0.4) is 0 Å². The van der Waals surface area contributed by atoms with E-state index in [0.717, 1.165) is 19.6 Å². The quantitative estimate of drug-likeness (QED) is 0.861. The second-order valence-corrected chi connectivity index (χ2v) is 4.96. The first-order valence-electron chi connectivity index (χ1n) is 6.73. The Hall–Kier alpha value is -0.970. The van der Waals surface area contributed by atoms with E-state index in [4.69, 9.17) is 10.5 Å². The van der Waals surface area contributed by atoms with Crippen molar-refractivity contribution in [3.8, 4) is 0 Å². The fourth-order valence-electron chi connectivity index (χ4n) is 2.56. The Balaban J connectivity index is 1.94. The molecular formula is C14H23N3O. The van der Waals surface area contributed by atoms with Gasteiger partial charge in [-0.05, 0) is 44.0 Å². The summed E-state index contributed by atoms with van der Waals surface area (Å²) in [7, 11) is 2.12. The molecule has 0 spiro atoms. The van der Waals surface area contributed by atoms with Crippen LogP contribution >= 0.6 is 0 Å². The molecule has 100 valence electrons. The van der Waals surface area contributed by atoms with Crippen LogP contribution in [0.25, 0.3) is 0 Å². The van der Waals surface area contributed by atoms with E-state index in [9.17, 15) is 0 Å². The summed E-state index contributed by atoms with van der Waals surface area (Å²) >= 11 is 0. The second kappa shape index (κ2) is 6.83. The van der Waals surface area contributed by atoms with Gasteiger partial charge in [0, 0.05) is 38.1 Å². The van der Waals surface area contributed by atoms with Crippen LogP contribution in [0.1, 0.15) is 30.9 Å². The van der Waals surface area contributed by atoms with Crippen LogP contribution in [0.5, 0.6) is 0 Å². The number of nitrogens with zero attached hydrogens (tertiary/aromatic N) is 2. The number of aromatic nitrogens is 1. The molecule has 2 unspecified atom stereocenters. The van der Waals surface area contributed by atoms with Crippen molar-refractivity contribution in [1.29, 1.82) is 0 Å². The van der Waals surface area contributed by atoms with Crippen LogP contribution < -0.4 is 5.73 Å². The van der Waals surface area contributed by atoms with E-state index in [-0.39, 0.29) is 6.04 Å². The van der Waals surface area contributed by atoms with E-state index in [1.54, 1.807) is 0 Å². The van der Waals surface area contributed by atoms with Gasteiger partial charge < -0.3 is 10.5 Å². The summed E-state index contributed by atoms with van der Waals surface area (Å²) in [5.41, 5.74) is 7.14. The number of nitrogens with two attached hydrogens (primary N) is 1. The Morgan fingerprint density at radius 2 is 2.22 bits per heavy atom. The van der Waals surface area contributed by atoms with Crippen molar-refractivity contribution in [1.82, 2.24) is 9.88 Å². The average molecular weight is 249 g/mol. The van der Waals surface area contributed by atoms with Gasteiger partial charge in [-0.3, -0.25) is 9.88 Å². The molecule has 0 amide bonds. The number of hydrogen-bond donors (Lipinski definition) is 1. The summed E-state index contributed by atoms with van der Waals surface area (Å²) in [6, 6.07) is 4.32. The Morgan fingerprint density at radius 1 is 1.44 bits per heavy atom. The highest BCUT2D eigenvalue weighted by atomic mass is 16.5. The topological polar surface area (TPSA) is 51.4 Å². The van der Waals surface area contributed by atoms with Gasteiger partial charge in [0.1, 0.15) is 0 Å². The zero-order valence-corrected chi connectivity index (χ0v) is 11.1. The van der Waals surface area contributed by atoms with Crippen LogP contribution in [0.15, 0.2) is 24.5 Å². The molecule has 1 aliphatic rings. The highest BCUT2D eigenvalue weighted by Gasteiger charge is 2.21. The Kier molecular flexibility index (Phi) is 5.11. The maximum Gasteiger partial charge on any atom is 0.0702 e. The lowest BCUT2D eigenvalue weighted by Crippen LogP contribution is -2.38. The molecule has 1 aliphatic heterocycles. The lowest BCUT2D eigenvalue weighted by atomic mass is 10.0. The summed E-state index contributed by atoms with van der Waals surface area (Å²) in [6.45, 7) is 2.47. The Labute approximate surface area is 109 Å². The molecule has 1 aromatic rings. The molecule has 4 nitrogen and oxygen atoms in total. The van der Waals surface area contributed by atoms with Gasteiger partial charge in [0.25, 0.3) is 0 Å². The van der Waals surface area contributed by atoms with Gasteiger partial charge in [0.2, 0.25) is 0 Å². The monoisotopic (exact) mass is 249 g/mol. The molecule has 0 aliphatic carbocycles. The van der Waals surface area contributed by atoms with Crippen LogP contribution in [0.2, 0.25) is 0 Å². The van der Waals surface area contributed by atoms with E-state index in [2.05, 4.69) is 16.9 Å². The van der Waals surface area contributed by atoms with Gasteiger partial charge in [-0.2, -0.15) is 0 Å². The third-order valence-electron chi connectivity index (χ3n) is 3.61. The van der Waals surface area contributed by atoms with E-state index in [1.165, 1.54) is 18.4 Å². The van der Waals surface area contributed by atoms with Gasteiger partial charge in [-0.1, -0.05) is 0 Å². The largest absolute Gasteiger partial charge is 0.377 e. The molecule has 0 radical (unpaired) electrons. The molecule has 2 N–H and O–H groups in total. The number of ether oxygens (including phenoxy) is 1. The number of rotatable bonds is 5. The SMILES string of the molecule is CN(CC1CCCCO1)C(CN)c1ccncc1. The molecular weight excluding hydrogens is 226 g/mol. The first-order chi connectivity index (χ1) is 8.81. The molecule has 2 atom stereocenters. The van der Waals surface area contributed by atoms with Crippen LogP contribution in [0.4, 0.5) is 0 Å². The molecule has 2 heterocycles. The molecule has 0 bridgehead atoms. The molecule has 18 heavy (non-hydrogen) atoms. The van der Waals surface area contributed by atoms with Crippen molar-refractivity contribution in [3.05, 3.63) is 30.1 Å². The number of likely N-dealkylation sites (N-methyl/N-ethyl adjacent to an activating group) is 1. The zero-order valence-electron chi connectivity index (χ0n) is 11.1. The molecule has 1 fully saturated rings. The van der Waals surface area contributed by atoms with Gasteiger partial charge >= 0.3 is 0 Å². The minimum absolute atomic E-state index is 0.249. The predicted molar refractivity (Wildman–Crippen MR) is 72.3 cm³/mol. The number of pyridine rings is 1. The van der Waals surface area contributed by atoms with Gasteiger partial charge in [-0.15, -0.1) is 0 Å². The van der Waals surface area contributed by atoms with Gasteiger partial charge in [-0.25, -0.2) is 0 Å². The van der Waals surface area contributed by atoms with Crippen LogP contribution in [0, 0.1) is 0 Å². The van der Waals surface area contributed by atoms with E-state index >= 15 is 0 Å². The van der Waals surface area contributed by atoms with Crippen molar-refractivity contribution in [2.24, 2.45) is 5.73 Å². The van der Waals surface area contributed by atoms with Crippen molar-refractivity contribution in [2.45, 2.75) is 31.4 Å². The van der Waals surface area contributed by atoms with Crippen molar-refractivity contribution in [2.75, 3.05) is 26.7 Å². The van der Waals surface area contributed by atoms with Gasteiger partial charge in [0.05, 0.1) is 6.10 Å². The van der Waals surface area contributed by atoms with E-state index in [0.29, 0.717) is 12.6 Å². The molecule has 2 rings (SSSR count). The van der Waals surface area contributed by atoms with Crippen molar-refractivity contribution >= 4 is 0 Å². The normalized spacial score (nSPS) is 22.1. The van der Waals surface area contributed by atoms with E-state index < -0.39 is 0 Å². The molecule has 1 aromatic heterocycles. The van der Waals surface area contributed by atoms with Crippen LogP contribution in [-0.2, 0) is 4.74 Å². The van der Waals surface area contributed by atoms with E-state index in [1.807, 2.05) is 24.5 Å². The molecule has 0 aromatic carbocycles. The highest BCUT2D eigenvalue weighted by Crippen LogP contribution is 2.20. The maximum atomic E-state index is 5.91. The Morgan fingerprint density at radius 3 is 2.83 bits per heavy atom. The van der Waals surface area contributed by atoms with Crippen molar-refractivity contribution < 1.29 is 4.74 Å². The molecule has 0 saturated carbocycles. The third kappa shape index (κ3) is 3.51. The maximum absolute atomic E-state index is 5.91. The summed E-state index contributed by atoms with van der Waals surface area (Å²) in [4.78, 5) is 6.35. The second-order valence-electron chi connectivity index (χ2n) is 4.96.